The van der Waals surface area contributed by atoms with Crippen molar-refractivity contribution >= 4 is 25.6 Å². The molecule has 0 N–H and O–H groups in total. The van der Waals surface area contributed by atoms with Crippen LogP contribution >= 0.6 is 9.24 Å². The fourth-order valence-electron chi connectivity index (χ4n) is 3.17. The molecule has 0 saturated carbocycles. The Morgan fingerprint density at radius 3 is 2.13 bits per heavy atom. The van der Waals surface area contributed by atoms with E-state index < -0.39 is 16.4 Å². The fraction of sp³-hybridized carbons (Fsp3) is 1.00. The van der Waals surface area contributed by atoms with Crippen molar-refractivity contribution in [3.8, 4) is 0 Å². The van der Waals surface area contributed by atoms with E-state index >= 15 is 0 Å². The average Bonchev–Trinajstić information content (AvgIpc) is 2.21. The lowest BCUT2D eigenvalue weighted by molar-refractivity contribution is 0.243. The molecule has 1 nitrogen and oxygen atoms in total. The summed E-state index contributed by atoms with van der Waals surface area (Å²) in [5, 5.41) is 0.510. The molecule has 2 aliphatic rings. The first-order valence-electron chi connectivity index (χ1n) is 6.01. The van der Waals surface area contributed by atoms with Crippen molar-refractivity contribution in [1.82, 2.24) is 0 Å². The van der Waals surface area contributed by atoms with Gasteiger partial charge in [0.2, 0.25) is 0 Å². The third-order valence-corrected chi connectivity index (χ3v) is 17.0. The van der Waals surface area contributed by atoms with Crippen LogP contribution in [0, 0.1) is 0 Å². The Hall–Kier alpha value is 0.824. The Morgan fingerprint density at radius 1 is 1.27 bits per heavy atom. The van der Waals surface area contributed by atoms with Crippen molar-refractivity contribution < 1.29 is 4.43 Å². The lowest BCUT2D eigenvalue weighted by Crippen LogP contribution is -2.57. The first-order chi connectivity index (χ1) is 6.52. The van der Waals surface area contributed by atoms with E-state index in [1.807, 2.05) is 0 Å². The monoisotopic (exact) mass is 260 g/mol. The van der Waals surface area contributed by atoms with Crippen LogP contribution in [0.15, 0.2) is 0 Å². The van der Waals surface area contributed by atoms with E-state index in [1.165, 1.54) is 12.8 Å². The topological polar surface area (TPSA) is 9.23 Å². The van der Waals surface area contributed by atoms with Crippen LogP contribution in [0.4, 0.5) is 0 Å². The maximum Gasteiger partial charge on any atom is 0.199 e. The molecule has 2 aliphatic heterocycles. The van der Waals surface area contributed by atoms with Gasteiger partial charge in [-0.3, -0.25) is 0 Å². The van der Waals surface area contributed by atoms with Crippen LogP contribution in [-0.4, -0.2) is 21.4 Å². The van der Waals surface area contributed by atoms with Gasteiger partial charge in [-0.1, -0.05) is 33.5 Å². The van der Waals surface area contributed by atoms with Gasteiger partial charge in [0.1, 0.15) is 0 Å². The van der Waals surface area contributed by atoms with E-state index in [0.29, 0.717) is 5.04 Å². The van der Waals surface area contributed by atoms with Crippen LogP contribution in [-0.2, 0) is 4.43 Å². The fourth-order valence-corrected chi connectivity index (χ4v) is 11.6. The summed E-state index contributed by atoms with van der Waals surface area (Å²) in [5.41, 5.74) is 0.928. The van der Waals surface area contributed by atoms with Crippen LogP contribution < -0.4 is 0 Å². The lowest BCUT2D eigenvalue weighted by atomic mass is 10.0. The van der Waals surface area contributed by atoms with Gasteiger partial charge >= 0.3 is 0 Å². The maximum atomic E-state index is 6.68. The zero-order valence-electron chi connectivity index (χ0n) is 11.0. The zero-order valence-corrected chi connectivity index (χ0v) is 14.1. The molecule has 0 amide bonds. The van der Waals surface area contributed by atoms with Gasteiger partial charge < -0.3 is 4.43 Å². The molecule has 2 saturated heterocycles. The molecule has 2 rings (SSSR count). The van der Waals surface area contributed by atoms with Gasteiger partial charge in [-0.15, -0.1) is 9.24 Å². The molecule has 2 heterocycles. The van der Waals surface area contributed by atoms with Crippen molar-refractivity contribution in [3.63, 3.8) is 0 Å². The second kappa shape index (κ2) is 2.98. The number of fused-ring (bicyclic) bond motifs is 1. The summed E-state index contributed by atoms with van der Waals surface area (Å²) in [6, 6.07) is 0. The van der Waals surface area contributed by atoms with Crippen LogP contribution in [0.1, 0.15) is 26.7 Å². The normalized spacial score (nSPS) is 48.6. The molecule has 15 heavy (non-hydrogen) atoms. The highest BCUT2D eigenvalue weighted by molar-refractivity contribution is 7.27. The van der Waals surface area contributed by atoms with E-state index in [9.17, 15) is 0 Å². The summed E-state index contributed by atoms with van der Waals surface area (Å²) in [5.74, 6) is 0. The summed E-state index contributed by atoms with van der Waals surface area (Å²) < 4.78 is 6.68. The summed E-state index contributed by atoms with van der Waals surface area (Å²) in [4.78, 5) is 0.173. The molecule has 0 aromatic carbocycles. The Bertz CT molecular complexity index is 299. The standard InChI is InChI=1S/C11H25OPSi2/c1-10(2)7-9-8-11(13,14(3,4)5)12-15(9,10)6/h9H,7-8,13H2,1-6H3. The Kier molecular flexibility index (Phi) is 2.44. The van der Waals surface area contributed by atoms with Crippen LogP contribution in [0.2, 0.25) is 36.8 Å². The predicted molar refractivity (Wildman–Crippen MR) is 75.5 cm³/mol. The van der Waals surface area contributed by atoms with Crippen LogP contribution in [0.5, 0.6) is 0 Å². The summed E-state index contributed by atoms with van der Waals surface area (Å²) >= 11 is 0. The molecule has 88 valence electrons. The molecule has 4 unspecified atom stereocenters. The minimum Gasteiger partial charge on any atom is -0.411 e. The third-order valence-electron chi connectivity index (χ3n) is 5.09. The summed E-state index contributed by atoms with van der Waals surface area (Å²) in [7, 11) is 0.437. The number of hydrogen-bond donors (Lipinski definition) is 0. The minimum atomic E-state index is -1.42. The quantitative estimate of drug-likeness (QED) is 0.512. The molecular weight excluding hydrogens is 235 g/mol. The number of hydrogen-bond acceptors (Lipinski definition) is 1. The molecule has 0 bridgehead atoms. The highest BCUT2D eigenvalue weighted by Crippen LogP contribution is 2.71. The maximum absolute atomic E-state index is 6.68. The molecular formula is C11H25OPSi2. The largest absolute Gasteiger partial charge is 0.411 e. The van der Waals surface area contributed by atoms with Gasteiger partial charge in [0.05, 0.1) is 13.0 Å². The van der Waals surface area contributed by atoms with Gasteiger partial charge in [-0.05, 0) is 30.0 Å². The highest BCUT2D eigenvalue weighted by Gasteiger charge is 2.69. The molecule has 4 heteroatoms. The van der Waals surface area contributed by atoms with E-state index in [1.54, 1.807) is 0 Å². The summed E-state index contributed by atoms with van der Waals surface area (Å²) in [6.45, 7) is 14.6. The Morgan fingerprint density at radius 2 is 1.80 bits per heavy atom. The molecule has 0 spiro atoms. The third kappa shape index (κ3) is 1.46. The van der Waals surface area contributed by atoms with Crippen LogP contribution in [0.25, 0.3) is 0 Å². The van der Waals surface area contributed by atoms with Gasteiger partial charge in [0.15, 0.2) is 8.32 Å². The molecule has 4 atom stereocenters. The lowest BCUT2D eigenvalue weighted by Gasteiger charge is -2.54. The first-order valence-corrected chi connectivity index (χ1v) is 12.6. The van der Waals surface area contributed by atoms with Crippen molar-refractivity contribution in [2.24, 2.45) is 0 Å². The van der Waals surface area contributed by atoms with Crippen molar-refractivity contribution in [3.05, 3.63) is 0 Å². The van der Waals surface area contributed by atoms with E-state index in [0.717, 1.165) is 5.54 Å². The Balaban J connectivity index is 2.27. The summed E-state index contributed by atoms with van der Waals surface area (Å²) in [6.07, 6.45) is 2.72. The van der Waals surface area contributed by atoms with Gasteiger partial charge in [0, 0.05) is 0 Å². The van der Waals surface area contributed by atoms with Crippen LogP contribution in [0.3, 0.4) is 0 Å². The van der Waals surface area contributed by atoms with Crippen molar-refractivity contribution in [2.45, 2.75) is 68.4 Å². The van der Waals surface area contributed by atoms with Crippen molar-refractivity contribution in [2.75, 3.05) is 0 Å². The molecule has 0 aromatic heterocycles. The van der Waals surface area contributed by atoms with Gasteiger partial charge in [-0.25, -0.2) is 0 Å². The molecule has 0 aromatic rings. The van der Waals surface area contributed by atoms with Crippen molar-refractivity contribution in [1.29, 1.82) is 0 Å². The molecule has 2 fully saturated rings. The van der Waals surface area contributed by atoms with Gasteiger partial charge in [-0.2, -0.15) is 0 Å². The highest BCUT2D eigenvalue weighted by atomic mass is 31.0. The molecule has 0 aliphatic carbocycles. The smallest absolute Gasteiger partial charge is 0.199 e. The second-order valence-corrected chi connectivity index (χ2v) is 18.8. The zero-order chi connectivity index (χ0) is 11.7. The van der Waals surface area contributed by atoms with E-state index in [4.69, 9.17) is 4.43 Å². The predicted octanol–water partition coefficient (Wildman–Crippen LogP) is 3.98. The minimum absolute atomic E-state index is 0.173. The van der Waals surface area contributed by atoms with E-state index in [2.05, 4.69) is 49.3 Å². The SMILES string of the molecule is CC1(C)CC2CC(P)([Si](C)(C)C)O[Si]21C. The molecule has 0 radical (unpaired) electrons. The second-order valence-electron chi connectivity index (χ2n) is 7.34. The Labute approximate surface area is 98.7 Å². The number of rotatable bonds is 1. The van der Waals surface area contributed by atoms with E-state index in [-0.39, 0.29) is 4.97 Å². The first kappa shape index (κ1) is 12.3. The average molecular weight is 260 g/mol. The van der Waals surface area contributed by atoms with Gasteiger partial charge in [0.25, 0.3) is 0 Å².